The van der Waals surface area contributed by atoms with Crippen LogP contribution in [0.3, 0.4) is 0 Å². The third-order valence-corrected chi connectivity index (χ3v) is 4.70. The molecule has 0 atom stereocenters. The molecule has 3 aromatic carbocycles. The maximum absolute atomic E-state index is 13.8. The molecule has 0 aliphatic rings. The minimum atomic E-state index is -0.840. The number of amides is 1. The summed E-state index contributed by atoms with van der Waals surface area (Å²) in [5.74, 6) is -1.03. The number of para-hydroxylation sites is 1. The van der Waals surface area contributed by atoms with Gasteiger partial charge in [0.2, 0.25) is 0 Å². The van der Waals surface area contributed by atoms with Crippen molar-refractivity contribution in [2.75, 3.05) is 11.9 Å². The van der Waals surface area contributed by atoms with E-state index in [1.807, 2.05) is 39.0 Å². The van der Waals surface area contributed by atoms with Crippen molar-refractivity contribution in [2.45, 2.75) is 27.4 Å². The molecule has 0 aliphatic heterocycles. The highest BCUT2D eigenvalue weighted by atomic mass is 19.1. The van der Waals surface area contributed by atoms with Gasteiger partial charge in [0.05, 0.1) is 6.61 Å². The van der Waals surface area contributed by atoms with Crippen LogP contribution in [-0.4, -0.2) is 12.5 Å². The first-order chi connectivity index (χ1) is 14.4. The molecule has 0 aliphatic carbocycles. The van der Waals surface area contributed by atoms with Crippen molar-refractivity contribution in [2.24, 2.45) is 0 Å². The van der Waals surface area contributed by atoms with Crippen LogP contribution in [0.15, 0.2) is 54.6 Å². The normalized spacial score (nSPS) is 10.6. The van der Waals surface area contributed by atoms with Gasteiger partial charge in [-0.05, 0) is 74.4 Å². The molecule has 30 heavy (non-hydrogen) atoms. The predicted octanol–water partition coefficient (Wildman–Crippen LogP) is 5.81. The van der Waals surface area contributed by atoms with Crippen LogP contribution in [0.2, 0.25) is 0 Å². The van der Waals surface area contributed by atoms with Crippen molar-refractivity contribution in [3.63, 3.8) is 0 Å². The van der Waals surface area contributed by atoms with Gasteiger partial charge in [-0.2, -0.15) is 0 Å². The van der Waals surface area contributed by atoms with Crippen LogP contribution in [0.25, 0.3) is 0 Å². The number of hydrogen-bond acceptors (Lipinski definition) is 3. The third kappa shape index (κ3) is 4.95. The first-order valence-electron chi connectivity index (χ1n) is 9.60. The zero-order chi connectivity index (χ0) is 21.7. The maximum Gasteiger partial charge on any atom is 0.255 e. The Morgan fingerprint density at radius 2 is 1.67 bits per heavy atom. The van der Waals surface area contributed by atoms with E-state index in [1.165, 1.54) is 6.07 Å². The minimum absolute atomic E-state index is 0.174. The lowest BCUT2D eigenvalue weighted by atomic mass is 10.1. The molecule has 0 aromatic heterocycles. The third-order valence-electron chi connectivity index (χ3n) is 4.70. The summed E-state index contributed by atoms with van der Waals surface area (Å²) >= 11 is 0. The summed E-state index contributed by atoms with van der Waals surface area (Å²) in [5.41, 5.74) is 2.68. The number of aryl methyl sites for hydroxylation is 2. The van der Waals surface area contributed by atoms with E-state index in [2.05, 4.69) is 5.32 Å². The number of carbonyl (C=O) groups excluding carboxylic acids is 1. The number of carbonyl (C=O) groups is 1. The van der Waals surface area contributed by atoms with Crippen molar-refractivity contribution in [3.05, 3.63) is 88.5 Å². The van der Waals surface area contributed by atoms with Crippen molar-refractivity contribution >= 4 is 11.6 Å². The Labute approximate surface area is 174 Å². The number of ether oxygens (including phenoxy) is 2. The molecule has 0 radical (unpaired) electrons. The van der Waals surface area contributed by atoms with Crippen LogP contribution < -0.4 is 14.8 Å². The maximum atomic E-state index is 13.8. The van der Waals surface area contributed by atoms with Crippen LogP contribution in [0, 0.1) is 25.5 Å². The van der Waals surface area contributed by atoms with Gasteiger partial charge < -0.3 is 14.8 Å². The highest BCUT2D eigenvalue weighted by Gasteiger charge is 2.16. The van der Waals surface area contributed by atoms with E-state index in [0.29, 0.717) is 23.7 Å². The average molecular weight is 411 g/mol. The Morgan fingerprint density at radius 1 is 0.933 bits per heavy atom. The van der Waals surface area contributed by atoms with E-state index < -0.39 is 23.2 Å². The SMILES string of the molecule is CCOc1ccc(C(=O)Nc2c(F)cccc2F)cc1COc1ccc(C)c(C)c1. The summed E-state index contributed by atoms with van der Waals surface area (Å²) in [6.07, 6.45) is 0. The van der Waals surface area contributed by atoms with Gasteiger partial charge in [-0.15, -0.1) is 0 Å². The summed E-state index contributed by atoms with van der Waals surface area (Å²) in [6.45, 7) is 6.50. The Morgan fingerprint density at radius 3 is 2.33 bits per heavy atom. The highest BCUT2D eigenvalue weighted by Crippen LogP contribution is 2.25. The number of benzene rings is 3. The van der Waals surface area contributed by atoms with Gasteiger partial charge in [-0.3, -0.25) is 4.79 Å². The molecule has 0 unspecified atom stereocenters. The molecule has 0 bridgehead atoms. The Balaban J connectivity index is 1.82. The molecular formula is C24H23F2NO3. The summed E-state index contributed by atoms with van der Waals surface area (Å²) in [5, 5.41) is 2.29. The van der Waals surface area contributed by atoms with Crippen LogP contribution >= 0.6 is 0 Å². The molecule has 0 saturated heterocycles. The second-order valence-corrected chi connectivity index (χ2v) is 6.84. The fourth-order valence-electron chi connectivity index (χ4n) is 2.90. The first-order valence-corrected chi connectivity index (χ1v) is 9.60. The minimum Gasteiger partial charge on any atom is -0.493 e. The molecule has 3 aromatic rings. The topological polar surface area (TPSA) is 47.6 Å². The van der Waals surface area contributed by atoms with Crippen molar-refractivity contribution in [3.8, 4) is 11.5 Å². The molecule has 1 N–H and O–H groups in total. The van der Waals surface area contributed by atoms with Gasteiger partial charge in [0.15, 0.2) is 0 Å². The van der Waals surface area contributed by atoms with E-state index in [-0.39, 0.29) is 12.2 Å². The fraction of sp³-hybridized carbons (Fsp3) is 0.208. The molecule has 4 nitrogen and oxygen atoms in total. The van der Waals surface area contributed by atoms with Gasteiger partial charge in [-0.1, -0.05) is 12.1 Å². The van der Waals surface area contributed by atoms with Gasteiger partial charge >= 0.3 is 0 Å². The van der Waals surface area contributed by atoms with Gasteiger partial charge in [-0.25, -0.2) is 8.78 Å². The quantitative estimate of drug-likeness (QED) is 0.534. The van der Waals surface area contributed by atoms with E-state index >= 15 is 0 Å². The molecule has 0 spiro atoms. The lowest BCUT2D eigenvalue weighted by molar-refractivity contribution is 0.102. The number of rotatable bonds is 7. The summed E-state index contributed by atoms with van der Waals surface area (Å²) in [4.78, 5) is 12.6. The molecule has 0 fully saturated rings. The molecule has 6 heteroatoms. The fourth-order valence-corrected chi connectivity index (χ4v) is 2.90. The lowest BCUT2D eigenvalue weighted by Gasteiger charge is -2.14. The molecule has 3 rings (SSSR count). The smallest absolute Gasteiger partial charge is 0.255 e. The zero-order valence-corrected chi connectivity index (χ0v) is 17.1. The molecular weight excluding hydrogens is 388 g/mol. The highest BCUT2D eigenvalue weighted by molar-refractivity contribution is 6.04. The van der Waals surface area contributed by atoms with Crippen LogP contribution in [0.1, 0.15) is 34.0 Å². The Hall–Kier alpha value is -3.41. The number of nitrogens with one attached hydrogen (secondary N) is 1. The number of halogens is 2. The van der Waals surface area contributed by atoms with E-state index in [1.54, 1.807) is 18.2 Å². The molecule has 0 saturated carbocycles. The van der Waals surface area contributed by atoms with Crippen LogP contribution in [0.5, 0.6) is 11.5 Å². The second-order valence-electron chi connectivity index (χ2n) is 6.84. The Bertz CT molecular complexity index is 1050. The van der Waals surface area contributed by atoms with E-state index in [4.69, 9.17) is 9.47 Å². The molecule has 156 valence electrons. The van der Waals surface area contributed by atoms with Crippen LogP contribution in [-0.2, 0) is 6.61 Å². The van der Waals surface area contributed by atoms with Gasteiger partial charge in [0.25, 0.3) is 5.91 Å². The average Bonchev–Trinajstić information content (AvgIpc) is 2.72. The summed E-state index contributed by atoms with van der Waals surface area (Å²) in [6, 6.07) is 14.0. The summed E-state index contributed by atoms with van der Waals surface area (Å²) in [7, 11) is 0. The predicted molar refractivity (Wildman–Crippen MR) is 112 cm³/mol. The second kappa shape index (κ2) is 9.39. The van der Waals surface area contributed by atoms with Gasteiger partial charge in [0, 0.05) is 11.1 Å². The van der Waals surface area contributed by atoms with Crippen molar-refractivity contribution < 1.29 is 23.0 Å². The van der Waals surface area contributed by atoms with E-state index in [9.17, 15) is 13.6 Å². The monoisotopic (exact) mass is 411 g/mol. The van der Waals surface area contributed by atoms with Crippen molar-refractivity contribution in [1.29, 1.82) is 0 Å². The van der Waals surface area contributed by atoms with Gasteiger partial charge in [0.1, 0.15) is 35.4 Å². The summed E-state index contributed by atoms with van der Waals surface area (Å²) < 4.78 is 39.2. The molecule has 1 amide bonds. The van der Waals surface area contributed by atoms with Crippen LogP contribution in [0.4, 0.5) is 14.5 Å². The number of anilines is 1. The number of hydrogen-bond donors (Lipinski definition) is 1. The Kier molecular flexibility index (Phi) is 6.67. The largest absolute Gasteiger partial charge is 0.493 e. The standard InChI is InChI=1S/C24H23F2NO3/c1-4-29-22-11-9-17(24(28)27-23-20(25)6-5-7-21(23)26)13-18(22)14-30-19-10-8-15(2)16(3)12-19/h5-13H,4,14H2,1-3H3,(H,27,28). The van der Waals surface area contributed by atoms with E-state index in [0.717, 1.165) is 23.3 Å². The molecule has 0 heterocycles. The zero-order valence-electron chi connectivity index (χ0n) is 17.1. The first kappa shape index (κ1) is 21.3. The van der Waals surface area contributed by atoms with Crippen molar-refractivity contribution in [1.82, 2.24) is 0 Å². The lowest BCUT2D eigenvalue weighted by Crippen LogP contribution is -2.15.